The number of hydrogen-bond donors (Lipinski definition) is 2. The van der Waals surface area contributed by atoms with Crippen LogP contribution in [0.15, 0.2) is 17.2 Å². The van der Waals surface area contributed by atoms with E-state index in [-0.39, 0.29) is 5.56 Å². The molecule has 1 rings (SSSR count). The van der Waals surface area contributed by atoms with Crippen molar-refractivity contribution in [3.05, 3.63) is 22.7 Å². The molecule has 0 radical (unpaired) electrons. The highest BCUT2D eigenvalue weighted by molar-refractivity contribution is 5.31. The first-order valence-electron chi connectivity index (χ1n) is 4.51. The monoisotopic (exact) mass is 181 g/mol. The minimum absolute atomic E-state index is 0.123. The molecule has 1 aromatic heterocycles. The molecule has 0 aliphatic rings. The summed E-state index contributed by atoms with van der Waals surface area (Å²) < 4.78 is 0. The van der Waals surface area contributed by atoms with Crippen LogP contribution in [0.25, 0.3) is 0 Å². The summed E-state index contributed by atoms with van der Waals surface area (Å²) in [5.41, 5.74) is -0.123. The Labute approximate surface area is 77.4 Å². The maximum Gasteiger partial charge on any atom is 0.252 e. The van der Waals surface area contributed by atoms with E-state index in [1.54, 1.807) is 0 Å². The molecule has 0 fully saturated rings. The molecular weight excluding hydrogens is 166 g/mol. The van der Waals surface area contributed by atoms with E-state index in [2.05, 4.69) is 29.1 Å². The predicted octanol–water partition coefficient (Wildman–Crippen LogP) is 1.23. The van der Waals surface area contributed by atoms with Gasteiger partial charge in [-0.3, -0.25) is 4.79 Å². The fourth-order valence-corrected chi connectivity index (χ4v) is 0.888. The maximum absolute atomic E-state index is 10.9. The van der Waals surface area contributed by atoms with Crippen molar-refractivity contribution in [1.29, 1.82) is 0 Å². The first-order valence-corrected chi connectivity index (χ1v) is 4.51. The summed E-state index contributed by atoms with van der Waals surface area (Å²) >= 11 is 0. The molecule has 0 aromatic carbocycles. The number of H-pyrrole nitrogens is 1. The summed E-state index contributed by atoms with van der Waals surface area (Å²) in [6.07, 6.45) is 2.53. The normalized spacial score (nSPS) is 12.5. The van der Waals surface area contributed by atoms with Gasteiger partial charge < -0.3 is 10.3 Å². The van der Waals surface area contributed by atoms with Gasteiger partial charge in [0, 0.05) is 12.6 Å². The Kier molecular flexibility index (Phi) is 3.49. The number of nitrogens with zero attached hydrogens (tertiary/aromatic N) is 1. The Morgan fingerprint density at radius 2 is 2.46 bits per heavy atom. The molecule has 0 aliphatic heterocycles. The largest absolute Gasteiger partial charge is 0.370 e. The van der Waals surface area contributed by atoms with E-state index < -0.39 is 0 Å². The smallest absolute Gasteiger partial charge is 0.252 e. The standard InChI is InChI=1S/C9H15N3O/c1-3-7(2)5-10-8-4-9(13)12-6-11-8/h4,6-7H,3,5H2,1-2H3,(H2,10,11,12,13). The molecule has 0 bridgehead atoms. The minimum Gasteiger partial charge on any atom is -0.370 e. The van der Waals surface area contributed by atoms with Gasteiger partial charge in [-0.25, -0.2) is 4.98 Å². The molecule has 0 saturated heterocycles. The molecule has 0 amide bonds. The third kappa shape index (κ3) is 3.27. The third-order valence-electron chi connectivity index (χ3n) is 2.01. The number of anilines is 1. The fraction of sp³-hybridized carbons (Fsp3) is 0.556. The average molecular weight is 181 g/mol. The highest BCUT2D eigenvalue weighted by Gasteiger charge is 1.98. The predicted molar refractivity (Wildman–Crippen MR) is 52.8 cm³/mol. The summed E-state index contributed by atoms with van der Waals surface area (Å²) in [6.45, 7) is 5.14. The molecular formula is C9H15N3O. The second kappa shape index (κ2) is 4.64. The highest BCUT2D eigenvalue weighted by atomic mass is 16.1. The Balaban J connectivity index is 2.50. The number of aromatic nitrogens is 2. The molecule has 0 spiro atoms. The molecule has 1 heterocycles. The summed E-state index contributed by atoms with van der Waals surface area (Å²) in [5.74, 6) is 1.24. The highest BCUT2D eigenvalue weighted by Crippen LogP contribution is 2.02. The minimum atomic E-state index is -0.123. The van der Waals surface area contributed by atoms with E-state index in [9.17, 15) is 4.79 Å². The molecule has 1 aromatic rings. The van der Waals surface area contributed by atoms with Crippen molar-refractivity contribution < 1.29 is 0 Å². The van der Waals surface area contributed by atoms with Crippen LogP contribution < -0.4 is 10.9 Å². The average Bonchev–Trinajstić information content (AvgIpc) is 2.14. The lowest BCUT2D eigenvalue weighted by Crippen LogP contribution is -2.14. The van der Waals surface area contributed by atoms with Crippen molar-refractivity contribution in [2.24, 2.45) is 5.92 Å². The molecule has 4 heteroatoms. The van der Waals surface area contributed by atoms with Gasteiger partial charge in [-0.2, -0.15) is 0 Å². The van der Waals surface area contributed by atoms with Gasteiger partial charge in [-0.05, 0) is 5.92 Å². The lowest BCUT2D eigenvalue weighted by molar-refractivity contribution is 0.592. The SMILES string of the molecule is CCC(C)CNc1cc(=O)[nH]cn1. The van der Waals surface area contributed by atoms with E-state index in [1.165, 1.54) is 12.4 Å². The van der Waals surface area contributed by atoms with E-state index >= 15 is 0 Å². The zero-order valence-corrected chi connectivity index (χ0v) is 8.00. The van der Waals surface area contributed by atoms with Crippen molar-refractivity contribution in [3.8, 4) is 0 Å². The van der Waals surface area contributed by atoms with Gasteiger partial charge in [-0.1, -0.05) is 20.3 Å². The van der Waals surface area contributed by atoms with Gasteiger partial charge in [0.15, 0.2) is 0 Å². The van der Waals surface area contributed by atoms with Crippen LogP contribution >= 0.6 is 0 Å². The molecule has 2 N–H and O–H groups in total. The van der Waals surface area contributed by atoms with Crippen LogP contribution in [0, 0.1) is 5.92 Å². The Hall–Kier alpha value is -1.32. The quantitative estimate of drug-likeness (QED) is 0.734. The first-order chi connectivity index (χ1) is 6.22. The van der Waals surface area contributed by atoms with Crippen LogP contribution in [-0.2, 0) is 0 Å². The maximum atomic E-state index is 10.9. The second-order valence-corrected chi connectivity index (χ2v) is 3.19. The van der Waals surface area contributed by atoms with E-state index in [1.807, 2.05) is 0 Å². The van der Waals surface area contributed by atoms with E-state index in [4.69, 9.17) is 0 Å². The molecule has 1 atom stereocenters. The number of aromatic amines is 1. The van der Waals surface area contributed by atoms with Gasteiger partial charge in [0.25, 0.3) is 5.56 Å². The first kappa shape index (κ1) is 9.77. The summed E-state index contributed by atoms with van der Waals surface area (Å²) in [6, 6.07) is 1.46. The molecule has 1 unspecified atom stereocenters. The lowest BCUT2D eigenvalue weighted by atomic mass is 10.1. The van der Waals surface area contributed by atoms with Crippen LogP contribution in [0.3, 0.4) is 0 Å². The number of rotatable bonds is 4. The van der Waals surface area contributed by atoms with Gasteiger partial charge in [0.05, 0.1) is 6.33 Å². The zero-order chi connectivity index (χ0) is 9.68. The van der Waals surface area contributed by atoms with Crippen LogP contribution in [0.5, 0.6) is 0 Å². The number of hydrogen-bond acceptors (Lipinski definition) is 3. The van der Waals surface area contributed by atoms with Gasteiger partial charge in [0.1, 0.15) is 5.82 Å². The van der Waals surface area contributed by atoms with Crippen LogP contribution in [0.4, 0.5) is 5.82 Å². The molecule has 13 heavy (non-hydrogen) atoms. The summed E-state index contributed by atoms with van der Waals surface area (Å²) in [7, 11) is 0. The Bertz CT molecular complexity index is 308. The third-order valence-corrected chi connectivity index (χ3v) is 2.01. The van der Waals surface area contributed by atoms with Gasteiger partial charge in [-0.15, -0.1) is 0 Å². The van der Waals surface area contributed by atoms with Crippen LogP contribution in [0.1, 0.15) is 20.3 Å². The van der Waals surface area contributed by atoms with Crippen LogP contribution in [-0.4, -0.2) is 16.5 Å². The summed E-state index contributed by atoms with van der Waals surface area (Å²) in [5, 5.41) is 3.11. The molecule has 0 saturated carbocycles. The van der Waals surface area contributed by atoms with Crippen molar-refractivity contribution in [2.45, 2.75) is 20.3 Å². The van der Waals surface area contributed by atoms with E-state index in [0.717, 1.165) is 13.0 Å². The van der Waals surface area contributed by atoms with Crippen molar-refractivity contribution >= 4 is 5.82 Å². The zero-order valence-electron chi connectivity index (χ0n) is 8.00. The Morgan fingerprint density at radius 3 is 3.08 bits per heavy atom. The van der Waals surface area contributed by atoms with Crippen molar-refractivity contribution in [3.63, 3.8) is 0 Å². The number of nitrogens with one attached hydrogen (secondary N) is 2. The lowest BCUT2D eigenvalue weighted by Gasteiger charge is -2.09. The molecule has 72 valence electrons. The van der Waals surface area contributed by atoms with Crippen LogP contribution in [0.2, 0.25) is 0 Å². The van der Waals surface area contributed by atoms with E-state index in [0.29, 0.717) is 11.7 Å². The fourth-order valence-electron chi connectivity index (χ4n) is 0.888. The molecule has 0 aliphatic carbocycles. The molecule has 4 nitrogen and oxygen atoms in total. The van der Waals surface area contributed by atoms with Gasteiger partial charge >= 0.3 is 0 Å². The topological polar surface area (TPSA) is 57.8 Å². The van der Waals surface area contributed by atoms with Gasteiger partial charge in [0.2, 0.25) is 0 Å². The second-order valence-electron chi connectivity index (χ2n) is 3.19. The summed E-state index contributed by atoms with van der Waals surface area (Å²) in [4.78, 5) is 17.3. The van der Waals surface area contributed by atoms with Crippen molar-refractivity contribution in [1.82, 2.24) is 9.97 Å². The Morgan fingerprint density at radius 1 is 1.69 bits per heavy atom. The van der Waals surface area contributed by atoms with Crippen molar-refractivity contribution in [2.75, 3.05) is 11.9 Å².